The number of rotatable bonds is 9. The van der Waals surface area contributed by atoms with Crippen LogP contribution >= 0.6 is 22.7 Å². The molecular weight excluding hydrogens is 384 g/mol. The fourth-order valence-corrected chi connectivity index (χ4v) is 5.11. The molecule has 144 valence electrons. The van der Waals surface area contributed by atoms with Crippen molar-refractivity contribution in [3.63, 3.8) is 0 Å². The van der Waals surface area contributed by atoms with Gasteiger partial charge < -0.3 is 9.84 Å². The first-order chi connectivity index (χ1) is 13.1. The first kappa shape index (κ1) is 19.7. The van der Waals surface area contributed by atoms with E-state index in [4.69, 9.17) is 14.8 Å². The van der Waals surface area contributed by atoms with Gasteiger partial charge in [0.05, 0.1) is 12.0 Å². The SMILES string of the molecule is CCc1sc2nc(CCOC)n(CCCC(=O)O)c(=O)c2c1-c1cccs1. The number of hydrogen-bond donors (Lipinski definition) is 1. The summed E-state index contributed by atoms with van der Waals surface area (Å²) in [6, 6.07) is 4.01. The zero-order valence-electron chi connectivity index (χ0n) is 15.4. The molecule has 8 heteroatoms. The highest BCUT2D eigenvalue weighted by atomic mass is 32.1. The lowest BCUT2D eigenvalue weighted by atomic mass is 10.1. The Balaban J connectivity index is 2.17. The Morgan fingerprint density at radius 1 is 1.41 bits per heavy atom. The smallest absolute Gasteiger partial charge is 0.303 e. The molecule has 0 atom stereocenters. The van der Waals surface area contributed by atoms with Crippen molar-refractivity contribution in [1.82, 2.24) is 9.55 Å². The maximum absolute atomic E-state index is 13.4. The van der Waals surface area contributed by atoms with E-state index in [1.165, 1.54) is 0 Å². The van der Waals surface area contributed by atoms with Crippen LogP contribution < -0.4 is 5.56 Å². The van der Waals surface area contributed by atoms with Crippen molar-refractivity contribution < 1.29 is 14.6 Å². The van der Waals surface area contributed by atoms with Gasteiger partial charge in [-0.05, 0) is 24.3 Å². The van der Waals surface area contributed by atoms with Gasteiger partial charge in [0.15, 0.2) is 0 Å². The normalized spacial score (nSPS) is 11.3. The molecule has 0 aliphatic heterocycles. The van der Waals surface area contributed by atoms with Gasteiger partial charge in [0.2, 0.25) is 0 Å². The molecule has 0 fully saturated rings. The van der Waals surface area contributed by atoms with Gasteiger partial charge in [-0.2, -0.15) is 0 Å². The minimum Gasteiger partial charge on any atom is -0.481 e. The van der Waals surface area contributed by atoms with Gasteiger partial charge in [-0.3, -0.25) is 14.2 Å². The molecule has 1 N–H and O–H groups in total. The number of aromatic nitrogens is 2. The highest BCUT2D eigenvalue weighted by molar-refractivity contribution is 7.20. The summed E-state index contributed by atoms with van der Waals surface area (Å²) < 4.78 is 6.79. The van der Waals surface area contributed by atoms with Crippen molar-refractivity contribution in [3.8, 4) is 10.4 Å². The Morgan fingerprint density at radius 2 is 2.22 bits per heavy atom. The van der Waals surface area contributed by atoms with Crippen LogP contribution in [0.1, 0.15) is 30.5 Å². The minimum absolute atomic E-state index is 0.0236. The van der Waals surface area contributed by atoms with Crippen molar-refractivity contribution in [1.29, 1.82) is 0 Å². The molecule has 0 spiro atoms. The second-order valence-corrected chi connectivity index (χ2v) is 8.17. The number of nitrogens with zero attached hydrogens (tertiary/aromatic N) is 2. The lowest BCUT2D eigenvalue weighted by molar-refractivity contribution is -0.137. The number of thiophene rings is 2. The van der Waals surface area contributed by atoms with Gasteiger partial charge in [-0.15, -0.1) is 22.7 Å². The Kier molecular flexibility index (Phi) is 6.41. The number of carboxylic acid groups (broad SMARTS) is 1. The molecule has 0 aromatic carbocycles. The second kappa shape index (κ2) is 8.77. The van der Waals surface area contributed by atoms with Crippen LogP contribution in [-0.2, 0) is 28.9 Å². The molecule has 6 nitrogen and oxygen atoms in total. The fourth-order valence-electron chi connectivity index (χ4n) is 3.11. The average molecular weight is 407 g/mol. The Hall–Kier alpha value is -2.03. The molecule has 0 bridgehead atoms. The molecule has 3 rings (SSSR count). The third-order valence-corrected chi connectivity index (χ3v) is 6.47. The molecular formula is C19H22N2O4S2. The third-order valence-electron chi connectivity index (χ3n) is 4.35. The maximum Gasteiger partial charge on any atom is 0.303 e. The summed E-state index contributed by atoms with van der Waals surface area (Å²) in [6.45, 7) is 2.88. The summed E-state index contributed by atoms with van der Waals surface area (Å²) in [5, 5.41) is 11.6. The highest BCUT2D eigenvalue weighted by Gasteiger charge is 2.21. The van der Waals surface area contributed by atoms with Crippen LogP contribution in [-0.4, -0.2) is 34.3 Å². The molecule has 0 saturated carbocycles. The van der Waals surface area contributed by atoms with Crippen LogP contribution in [0.5, 0.6) is 0 Å². The molecule has 0 amide bonds. The molecule has 0 aliphatic rings. The predicted octanol–water partition coefficient (Wildman–Crippen LogP) is 3.80. The third kappa shape index (κ3) is 4.12. The number of carbonyl (C=O) groups is 1. The van der Waals surface area contributed by atoms with Gasteiger partial charge in [0, 0.05) is 41.8 Å². The lowest BCUT2D eigenvalue weighted by Gasteiger charge is -2.12. The first-order valence-corrected chi connectivity index (χ1v) is 10.6. The van der Waals surface area contributed by atoms with E-state index in [1.54, 1.807) is 34.4 Å². The standard InChI is InChI=1S/C19H22N2O4S2/c1-3-12-16(13-6-5-11-26-13)17-18(27-12)20-14(8-10-25-2)21(19(17)24)9-4-7-15(22)23/h5-6,11H,3-4,7-10H2,1-2H3,(H,22,23). The molecule has 3 aromatic rings. The number of methoxy groups -OCH3 is 1. The van der Waals surface area contributed by atoms with E-state index in [0.717, 1.165) is 26.6 Å². The second-order valence-electron chi connectivity index (χ2n) is 6.14. The van der Waals surface area contributed by atoms with Gasteiger partial charge >= 0.3 is 5.97 Å². The quantitative estimate of drug-likeness (QED) is 0.584. The van der Waals surface area contributed by atoms with Gasteiger partial charge in [0.25, 0.3) is 5.56 Å². The van der Waals surface area contributed by atoms with E-state index in [0.29, 0.717) is 37.2 Å². The lowest BCUT2D eigenvalue weighted by Crippen LogP contribution is -2.26. The Morgan fingerprint density at radius 3 is 2.85 bits per heavy atom. The van der Waals surface area contributed by atoms with Crippen LogP contribution in [0.4, 0.5) is 0 Å². The average Bonchev–Trinajstić information content (AvgIpc) is 3.28. The summed E-state index contributed by atoms with van der Waals surface area (Å²) in [5.74, 6) is -0.208. The van der Waals surface area contributed by atoms with Crippen molar-refractivity contribution in [2.45, 2.75) is 39.2 Å². The van der Waals surface area contributed by atoms with Crippen LogP contribution in [0, 0.1) is 0 Å². The highest BCUT2D eigenvalue weighted by Crippen LogP contribution is 2.38. The van der Waals surface area contributed by atoms with E-state index >= 15 is 0 Å². The number of hydrogen-bond acceptors (Lipinski definition) is 6. The zero-order valence-corrected chi connectivity index (χ0v) is 17.0. The Labute approximate surface area is 165 Å². The van der Waals surface area contributed by atoms with Crippen LogP contribution in [0.2, 0.25) is 0 Å². The molecule has 0 radical (unpaired) electrons. The summed E-state index contributed by atoms with van der Waals surface area (Å²) in [7, 11) is 1.61. The topological polar surface area (TPSA) is 81.4 Å². The van der Waals surface area contributed by atoms with Crippen molar-refractivity contribution in [2.75, 3.05) is 13.7 Å². The first-order valence-electron chi connectivity index (χ1n) is 8.86. The summed E-state index contributed by atoms with van der Waals surface area (Å²) in [5.41, 5.74) is 0.895. The van der Waals surface area contributed by atoms with E-state index < -0.39 is 5.97 Å². The monoisotopic (exact) mass is 406 g/mol. The van der Waals surface area contributed by atoms with Gasteiger partial charge in [0.1, 0.15) is 10.7 Å². The number of ether oxygens (including phenoxy) is 1. The molecule has 3 heterocycles. The largest absolute Gasteiger partial charge is 0.481 e. The van der Waals surface area contributed by atoms with Crippen LogP contribution in [0.25, 0.3) is 20.7 Å². The summed E-state index contributed by atoms with van der Waals surface area (Å²) >= 11 is 3.18. The molecule has 0 aliphatic carbocycles. The molecule has 3 aromatic heterocycles. The fraction of sp³-hybridized carbons (Fsp3) is 0.421. The number of carboxylic acids is 1. The number of fused-ring (bicyclic) bond motifs is 1. The van der Waals surface area contributed by atoms with Crippen molar-refractivity contribution in [3.05, 3.63) is 38.6 Å². The van der Waals surface area contributed by atoms with E-state index in [-0.39, 0.29) is 12.0 Å². The zero-order chi connectivity index (χ0) is 19.4. The summed E-state index contributed by atoms with van der Waals surface area (Å²) in [4.78, 5) is 32.0. The van der Waals surface area contributed by atoms with E-state index in [1.807, 2.05) is 17.5 Å². The van der Waals surface area contributed by atoms with E-state index in [9.17, 15) is 9.59 Å². The van der Waals surface area contributed by atoms with E-state index in [2.05, 4.69) is 6.92 Å². The molecule has 0 unspecified atom stereocenters. The Bertz CT molecular complexity index is 989. The molecule has 27 heavy (non-hydrogen) atoms. The van der Waals surface area contributed by atoms with Gasteiger partial charge in [-0.1, -0.05) is 13.0 Å². The predicted molar refractivity (Wildman–Crippen MR) is 109 cm³/mol. The number of aryl methyl sites for hydroxylation is 1. The number of aliphatic carboxylic acids is 1. The minimum atomic E-state index is -0.862. The van der Waals surface area contributed by atoms with Crippen molar-refractivity contribution >= 4 is 38.9 Å². The van der Waals surface area contributed by atoms with Crippen LogP contribution in [0.3, 0.4) is 0 Å². The van der Waals surface area contributed by atoms with Crippen LogP contribution in [0.15, 0.2) is 22.3 Å². The maximum atomic E-state index is 13.4. The summed E-state index contributed by atoms with van der Waals surface area (Å²) in [6.07, 6.45) is 1.76. The van der Waals surface area contributed by atoms with Gasteiger partial charge in [-0.25, -0.2) is 4.98 Å². The molecule has 0 saturated heterocycles. The van der Waals surface area contributed by atoms with Crippen molar-refractivity contribution in [2.24, 2.45) is 0 Å².